The molecule has 1 fully saturated rings. The van der Waals surface area contributed by atoms with Crippen LogP contribution in [-0.2, 0) is 9.53 Å². The van der Waals surface area contributed by atoms with Crippen LogP contribution in [0.2, 0.25) is 0 Å². The number of morpholine rings is 1. The maximum atomic E-state index is 12.2. The summed E-state index contributed by atoms with van der Waals surface area (Å²) in [5, 5.41) is 8.88. The molecular weight excluding hydrogens is 232 g/mol. The number of aliphatic hydroxyl groups excluding tert-OH is 1. The van der Waals surface area contributed by atoms with Gasteiger partial charge in [0.05, 0.1) is 19.3 Å². The number of aliphatic hydroxyl groups is 1. The zero-order chi connectivity index (χ0) is 13.5. The minimum absolute atomic E-state index is 0.132. The summed E-state index contributed by atoms with van der Waals surface area (Å²) in [5.74, 6) is 0.164. The molecule has 0 saturated carbocycles. The second kappa shape index (κ2) is 7.71. The number of hydrogen-bond acceptors (Lipinski definition) is 4. The SMILES string of the molecule is CC1CN(C(=O)CN(CCCO)C(C)C)CCO1. The van der Waals surface area contributed by atoms with Gasteiger partial charge in [-0.3, -0.25) is 9.69 Å². The Morgan fingerprint density at radius 3 is 2.83 bits per heavy atom. The van der Waals surface area contributed by atoms with Gasteiger partial charge in [-0.1, -0.05) is 0 Å². The quantitative estimate of drug-likeness (QED) is 0.746. The molecule has 106 valence electrons. The number of hydrogen-bond donors (Lipinski definition) is 1. The molecule has 0 radical (unpaired) electrons. The minimum Gasteiger partial charge on any atom is -0.396 e. The molecule has 0 aliphatic carbocycles. The van der Waals surface area contributed by atoms with Crippen LogP contribution in [0.4, 0.5) is 0 Å². The maximum absolute atomic E-state index is 12.2. The van der Waals surface area contributed by atoms with Gasteiger partial charge in [0.1, 0.15) is 0 Å². The first kappa shape index (κ1) is 15.4. The average molecular weight is 258 g/mol. The van der Waals surface area contributed by atoms with Gasteiger partial charge in [-0.2, -0.15) is 0 Å². The molecular formula is C13H26N2O3. The largest absolute Gasteiger partial charge is 0.396 e. The second-order valence-corrected chi connectivity index (χ2v) is 5.16. The van der Waals surface area contributed by atoms with Crippen molar-refractivity contribution in [3.63, 3.8) is 0 Å². The number of nitrogens with zero attached hydrogens (tertiary/aromatic N) is 2. The van der Waals surface area contributed by atoms with Crippen LogP contribution in [0.1, 0.15) is 27.2 Å². The molecule has 1 unspecified atom stereocenters. The Labute approximate surface area is 110 Å². The standard InChI is InChI=1S/C13H26N2O3/c1-11(2)14(5-4-7-16)10-13(17)15-6-8-18-12(3)9-15/h11-12,16H,4-10H2,1-3H3. The van der Waals surface area contributed by atoms with Crippen LogP contribution in [0.15, 0.2) is 0 Å². The van der Waals surface area contributed by atoms with Gasteiger partial charge in [-0.05, 0) is 27.2 Å². The summed E-state index contributed by atoms with van der Waals surface area (Å²) in [6, 6.07) is 0.318. The molecule has 1 rings (SSSR count). The first-order valence-electron chi connectivity index (χ1n) is 6.79. The van der Waals surface area contributed by atoms with Crippen LogP contribution in [-0.4, -0.2) is 72.4 Å². The third-order valence-electron chi connectivity index (χ3n) is 3.27. The van der Waals surface area contributed by atoms with E-state index < -0.39 is 0 Å². The normalized spacial score (nSPS) is 20.8. The lowest BCUT2D eigenvalue weighted by molar-refractivity contribution is -0.139. The summed E-state index contributed by atoms with van der Waals surface area (Å²) < 4.78 is 5.43. The number of carbonyl (C=O) groups is 1. The molecule has 1 N–H and O–H groups in total. The van der Waals surface area contributed by atoms with E-state index in [0.717, 1.165) is 6.54 Å². The predicted octanol–water partition coefficient (Wildman–Crippen LogP) is 0.327. The highest BCUT2D eigenvalue weighted by Crippen LogP contribution is 2.07. The van der Waals surface area contributed by atoms with Crippen LogP contribution in [0.3, 0.4) is 0 Å². The van der Waals surface area contributed by atoms with Crippen LogP contribution in [0.25, 0.3) is 0 Å². The van der Waals surface area contributed by atoms with Crippen molar-refractivity contribution in [3.05, 3.63) is 0 Å². The van der Waals surface area contributed by atoms with E-state index in [1.807, 2.05) is 11.8 Å². The first-order chi connectivity index (χ1) is 8.54. The predicted molar refractivity (Wildman–Crippen MR) is 70.4 cm³/mol. The molecule has 1 saturated heterocycles. The molecule has 5 heteroatoms. The molecule has 1 amide bonds. The van der Waals surface area contributed by atoms with Crippen molar-refractivity contribution in [1.29, 1.82) is 0 Å². The van der Waals surface area contributed by atoms with Gasteiger partial charge in [0.2, 0.25) is 5.91 Å². The van der Waals surface area contributed by atoms with Crippen molar-refractivity contribution < 1.29 is 14.6 Å². The van der Waals surface area contributed by atoms with Crippen molar-refractivity contribution in [2.75, 3.05) is 39.4 Å². The molecule has 1 aliphatic rings. The Kier molecular flexibility index (Phi) is 6.60. The Morgan fingerprint density at radius 2 is 2.28 bits per heavy atom. The fourth-order valence-electron chi connectivity index (χ4n) is 2.11. The fourth-order valence-corrected chi connectivity index (χ4v) is 2.11. The Bertz CT molecular complexity index is 259. The Hall–Kier alpha value is -0.650. The Morgan fingerprint density at radius 1 is 1.56 bits per heavy atom. The van der Waals surface area contributed by atoms with E-state index in [0.29, 0.717) is 38.7 Å². The molecule has 18 heavy (non-hydrogen) atoms. The molecule has 5 nitrogen and oxygen atoms in total. The van der Waals surface area contributed by atoms with E-state index in [-0.39, 0.29) is 18.6 Å². The highest BCUT2D eigenvalue weighted by molar-refractivity contribution is 5.78. The van der Waals surface area contributed by atoms with E-state index in [9.17, 15) is 4.79 Å². The number of carbonyl (C=O) groups excluding carboxylic acids is 1. The lowest BCUT2D eigenvalue weighted by atomic mass is 10.2. The Balaban J connectivity index is 2.44. The van der Waals surface area contributed by atoms with Gasteiger partial charge in [0.25, 0.3) is 0 Å². The summed E-state index contributed by atoms with van der Waals surface area (Å²) in [6.45, 7) is 9.52. The molecule has 1 aliphatic heterocycles. The third kappa shape index (κ3) is 4.92. The number of rotatable bonds is 6. The second-order valence-electron chi connectivity index (χ2n) is 5.16. The zero-order valence-electron chi connectivity index (χ0n) is 11.8. The molecule has 1 atom stereocenters. The van der Waals surface area contributed by atoms with E-state index in [1.54, 1.807) is 0 Å². The highest BCUT2D eigenvalue weighted by atomic mass is 16.5. The van der Waals surface area contributed by atoms with Gasteiger partial charge >= 0.3 is 0 Å². The smallest absolute Gasteiger partial charge is 0.236 e. The molecule has 0 aromatic rings. The maximum Gasteiger partial charge on any atom is 0.236 e. The van der Waals surface area contributed by atoms with E-state index in [1.165, 1.54) is 0 Å². The van der Waals surface area contributed by atoms with Gasteiger partial charge < -0.3 is 14.7 Å². The topological polar surface area (TPSA) is 53.0 Å². The van der Waals surface area contributed by atoms with E-state index >= 15 is 0 Å². The van der Waals surface area contributed by atoms with E-state index in [4.69, 9.17) is 9.84 Å². The number of amides is 1. The van der Waals surface area contributed by atoms with Crippen molar-refractivity contribution in [2.24, 2.45) is 0 Å². The van der Waals surface area contributed by atoms with Crippen molar-refractivity contribution in [1.82, 2.24) is 9.80 Å². The summed E-state index contributed by atoms with van der Waals surface area (Å²) in [6.07, 6.45) is 0.845. The van der Waals surface area contributed by atoms with Crippen molar-refractivity contribution in [3.8, 4) is 0 Å². The molecule has 0 bridgehead atoms. The molecule has 0 aromatic carbocycles. The minimum atomic E-state index is 0.132. The van der Waals surface area contributed by atoms with Crippen LogP contribution in [0, 0.1) is 0 Å². The lowest BCUT2D eigenvalue weighted by Gasteiger charge is -2.34. The van der Waals surface area contributed by atoms with Crippen molar-refractivity contribution >= 4 is 5.91 Å². The molecule has 1 heterocycles. The van der Waals surface area contributed by atoms with Gasteiger partial charge in [0.15, 0.2) is 0 Å². The monoisotopic (exact) mass is 258 g/mol. The summed E-state index contributed by atoms with van der Waals surface area (Å²) >= 11 is 0. The van der Waals surface area contributed by atoms with Crippen LogP contribution < -0.4 is 0 Å². The summed E-state index contributed by atoms with van der Waals surface area (Å²) in [7, 11) is 0. The van der Waals surface area contributed by atoms with Gasteiger partial charge in [-0.15, -0.1) is 0 Å². The average Bonchev–Trinajstić information content (AvgIpc) is 2.33. The van der Waals surface area contributed by atoms with Gasteiger partial charge in [0, 0.05) is 32.3 Å². The van der Waals surface area contributed by atoms with E-state index in [2.05, 4.69) is 18.7 Å². The van der Waals surface area contributed by atoms with Crippen LogP contribution >= 0.6 is 0 Å². The number of ether oxygens (including phenoxy) is 1. The lowest BCUT2D eigenvalue weighted by Crippen LogP contribution is -2.49. The summed E-state index contributed by atoms with van der Waals surface area (Å²) in [5.41, 5.74) is 0. The van der Waals surface area contributed by atoms with Gasteiger partial charge in [-0.25, -0.2) is 0 Å². The van der Waals surface area contributed by atoms with Crippen LogP contribution in [0.5, 0.6) is 0 Å². The van der Waals surface area contributed by atoms with Crippen molar-refractivity contribution in [2.45, 2.75) is 39.3 Å². The molecule has 0 spiro atoms. The first-order valence-corrected chi connectivity index (χ1v) is 6.79. The third-order valence-corrected chi connectivity index (χ3v) is 3.27. The zero-order valence-corrected chi connectivity index (χ0v) is 11.8. The fraction of sp³-hybridized carbons (Fsp3) is 0.923. The summed E-state index contributed by atoms with van der Waals surface area (Å²) in [4.78, 5) is 16.2. The highest BCUT2D eigenvalue weighted by Gasteiger charge is 2.23. The molecule has 0 aromatic heterocycles.